The molecule has 1 N–H and O–H groups in total. The molecule has 0 saturated carbocycles. The number of hydrogen-bond acceptors (Lipinski definition) is 6. The lowest BCUT2D eigenvalue weighted by Gasteiger charge is -2.27. The van der Waals surface area contributed by atoms with Gasteiger partial charge < -0.3 is 19.5 Å². The van der Waals surface area contributed by atoms with Crippen LogP contribution in [0.2, 0.25) is 0 Å². The summed E-state index contributed by atoms with van der Waals surface area (Å²) in [6, 6.07) is 18.8. The van der Waals surface area contributed by atoms with Crippen LogP contribution in [0.1, 0.15) is 65.0 Å². The number of carbonyl (C=O) groups is 3. The summed E-state index contributed by atoms with van der Waals surface area (Å²) in [4.78, 5) is 40.4. The maximum absolute atomic E-state index is 13.6. The zero-order chi connectivity index (χ0) is 28.5. The first-order chi connectivity index (χ1) is 18.5. The van der Waals surface area contributed by atoms with Crippen LogP contribution in [0, 0.1) is 6.92 Å². The molecule has 0 aromatic heterocycles. The van der Waals surface area contributed by atoms with E-state index < -0.39 is 23.7 Å². The van der Waals surface area contributed by atoms with Crippen molar-refractivity contribution in [3.8, 4) is 5.75 Å². The zero-order valence-electron chi connectivity index (χ0n) is 23.1. The number of aryl methyl sites for hydroxylation is 1. The van der Waals surface area contributed by atoms with E-state index in [0.29, 0.717) is 16.9 Å². The topological polar surface area (TPSA) is 93.1 Å². The van der Waals surface area contributed by atoms with Crippen molar-refractivity contribution in [3.63, 3.8) is 0 Å². The minimum absolute atomic E-state index is 0.00448. The van der Waals surface area contributed by atoms with Gasteiger partial charge in [-0.1, -0.05) is 63.2 Å². The molecule has 7 nitrogen and oxygen atoms in total. The van der Waals surface area contributed by atoms with Crippen molar-refractivity contribution in [2.45, 2.75) is 45.7 Å². The van der Waals surface area contributed by atoms with E-state index in [1.807, 2.05) is 43.3 Å². The molecule has 1 aliphatic rings. The molecular formula is C32H33NO6. The molecule has 1 atom stereocenters. The first-order valence-corrected chi connectivity index (χ1v) is 12.7. The average Bonchev–Trinajstić information content (AvgIpc) is 3.16. The smallest absolute Gasteiger partial charge is 0.337 e. The Balaban J connectivity index is 1.88. The maximum atomic E-state index is 13.6. The molecule has 1 aliphatic heterocycles. The van der Waals surface area contributed by atoms with Gasteiger partial charge in [-0.15, -0.1) is 0 Å². The Labute approximate surface area is 228 Å². The summed E-state index contributed by atoms with van der Waals surface area (Å²) in [5.41, 5.74) is 3.78. The summed E-state index contributed by atoms with van der Waals surface area (Å²) >= 11 is 0. The first-order valence-electron chi connectivity index (χ1n) is 12.7. The number of likely N-dealkylation sites (tertiary alicyclic amines) is 1. The number of aliphatic hydroxyl groups excluding tert-OH is 1. The van der Waals surface area contributed by atoms with Crippen molar-refractivity contribution in [1.82, 2.24) is 4.90 Å². The zero-order valence-corrected chi connectivity index (χ0v) is 23.1. The van der Waals surface area contributed by atoms with E-state index in [2.05, 4.69) is 20.8 Å². The fourth-order valence-corrected chi connectivity index (χ4v) is 4.83. The number of Topliss-reactive ketones (excluding diaryl/α,β-unsaturated/α-hetero) is 1. The second kappa shape index (κ2) is 10.8. The molecule has 202 valence electrons. The van der Waals surface area contributed by atoms with Gasteiger partial charge in [0.2, 0.25) is 0 Å². The van der Waals surface area contributed by atoms with Gasteiger partial charge >= 0.3 is 5.97 Å². The van der Waals surface area contributed by atoms with Crippen LogP contribution in [-0.4, -0.2) is 41.9 Å². The third-order valence-corrected chi connectivity index (χ3v) is 7.07. The van der Waals surface area contributed by atoms with Gasteiger partial charge in [0, 0.05) is 6.54 Å². The highest BCUT2D eigenvalue weighted by Crippen LogP contribution is 2.43. The molecule has 3 aromatic rings. The average molecular weight is 528 g/mol. The second-order valence-electron chi connectivity index (χ2n) is 10.6. The Morgan fingerprint density at radius 2 is 1.64 bits per heavy atom. The van der Waals surface area contributed by atoms with Crippen molar-refractivity contribution in [1.29, 1.82) is 0 Å². The highest BCUT2D eigenvalue weighted by molar-refractivity contribution is 6.46. The minimum atomic E-state index is -0.825. The monoisotopic (exact) mass is 527 g/mol. The van der Waals surface area contributed by atoms with Gasteiger partial charge in [0.25, 0.3) is 11.7 Å². The van der Waals surface area contributed by atoms with E-state index in [1.54, 1.807) is 30.3 Å². The van der Waals surface area contributed by atoms with Gasteiger partial charge in [0.05, 0.1) is 37.0 Å². The van der Waals surface area contributed by atoms with Crippen molar-refractivity contribution in [3.05, 3.63) is 106 Å². The second-order valence-corrected chi connectivity index (χ2v) is 10.6. The molecule has 0 spiro atoms. The van der Waals surface area contributed by atoms with Crippen LogP contribution >= 0.6 is 0 Å². The Morgan fingerprint density at radius 3 is 2.23 bits per heavy atom. The summed E-state index contributed by atoms with van der Waals surface area (Å²) in [6.45, 7) is 8.16. The molecular weight excluding hydrogens is 494 g/mol. The van der Waals surface area contributed by atoms with Crippen molar-refractivity contribution in [2.75, 3.05) is 14.2 Å². The standard InChI is InChI=1S/C32H33NO6/c1-19-9-7-8-10-23(19)27-26(28(34)24-17-22(32(2,3)4)15-16-25(24)38-5)29(35)30(36)33(27)18-20-11-13-21(14-12-20)31(37)39-6/h7-17,27,34H,18H2,1-6H3/b28-26+. The van der Waals surface area contributed by atoms with E-state index in [-0.39, 0.29) is 23.3 Å². The molecule has 39 heavy (non-hydrogen) atoms. The predicted molar refractivity (Wildman–Crippen MR) is 149 cm³/mol. The Morgan fingerprint density at radius 1 is 0.974 bits per heavy atom. The van der Waals surface area contributed by atoms with Gasteiger partial charge in [-0.3, -0.25) is 9.59 Å². The number of methoxy groups -OCH3 is 2. The number of amides is 1. The summed E-state index contributed by atoms with van der Waals surface area (Å²) in [5, 5.41) is 11.7. The largest absolute Gasteiger partial charge is 0.507 e. The van der Waals surface area contributed by atoms with Gasteiger partial charge in [-0.2, -0.15) is 0 Å². The fourth-order valence-electron chi connectivity index (χ4n) is 4.83. The molecule has 4 rings (SSSR count). The number of ether oxygens (including phenoxy) is 2. The van der Waals surface area contributed by atoms with Crippen LogP contribution in [0.15, 0.2) is 72.3 Å². The van der Waals surface area contributed by atoms with Crippen molar-refractivity contribution < 1.29 is 29.0 Å². The number of hydrogen-bond donors (Lipinski definition) is 1. The van der Waals surface area contributed by atoms with E-state index in [9.17, 15) is 19.5 Å². The number of carbonyl (C=O) groups excluding carboxylic acids is 3. The molecule has 1 amide bonds. The number of benzene rings is 3. The molecule has 1 unspecified atom stereocenters. The molecule has 0 radical (unpaired) electrons. The Hall–Kier alpha value is -4.39. The van der Waals surface area contributed by atoms with Gasteiger partial charge in [-0.05, 0) is 58.9 Å². The lowest BCUT2D eigenvalue weighted by Crippen LogP contribution is -2.29. The lowest BCUT2D eigenvalue weighted by molar-refractivity contribution is -0.140. The number of nitrogens with zero attached hydrogens (tertiary/aromatic N) is 1. The third kappa shape index (κ3) is 5.30. The van der Waals surface area contributed by atoms with Crippen LogP contribution in [0.25, 0.3) is 5.76 Å². The number of aliphatic hydroxyl groups is 1. The molecule has 3 aromatic carbocycles. The molecule has 0 bridgehead atoms. The summed E-state index contributed by atoms with van der Waals surface area (Å²) in [7, 11) is 2.81. The van der Waals surface area contributed by atoms with Crippen LogP contribution < -0.4 is 4.74 Å². The molecule has 0 aliphatic carbocycles. The minimum Gasteiger partial charge on any atom is -0.507 e. The highest BCUT2D eigenvalue weighted by atomic mass is 16.5. The molecule has 1 heterocycles. The summed E-state index contributed by atoms with van der Waals surface area (Å²) < 4.78 is 10.3. The highest BCUT2D eigenvalue weighted by Gasteiger charge is 2.46. The van der Waals surface area contributed by atoms with E-state index in [0.717, 1.165) is 22.3 Å². The van der Waals surface area contributed by atoms with E-state index >= 15 is 0 Å². The predicted octanol–water partition coefficient (Wildman–Crippen LogP) is 5.71. The number of rotatable bonds is 6. The summed E-state index contributed by atoms with van der Waals surface area (Å²) in [6.07, 6.45) is 0. The van der Waals surface area contributed by atoms with E-state index in [4.69, 9.17) is 9.47 Å². The fraction of sp³-hybridized carbons (Fsp3) is 0.281. The van der Waals surface area contributed by atoms with Gasteiger partial charge in [0.1, 0.15) is 11.5 Å². The van der Waals surface area contributed by atoms with E-state index in [1.165, 1.54) is 19.1 Å². The molecule has 1 fully saturated rings. The van der Waals surface area contributed by atoms with Crippen molar-refractivity contribution >= 4 is 23.4 Å². The van der Waals surface area contributed by atoms with Crippen molar-refractivity contribution in [2.24, 2.45) is 0 Å². The Kier molecular flexibility index (Phi) is 7.63. The van der Waals surface area contributed by atoms with Crippen LogP contribution in [0.3, 0.4) is 0 Å². The quantitative estimate of drug-likeness (QED) is 0.191. The SMILES string of the molecule is COC(=O)c1ccc(CN2C(=O)C(=O)/C(=C(/O)c3cc(C(C)(C)C)ccc3OC)C2c2ccccc2C)cc1. The first kappa shape index (κ1) is 27.6. The third-order valence-electron chi connectivity index (χ3n) is 7.07. The lowest BCUT2D eigenvalue weighted by atomic mass is 9.85. The molecule has 7 heteroatoms. The maximum Gasteiger partial charge on any atom is 0.337 e. The van der Waals surface area contributed by atoms with Gasteiger partial charge in [-0.25, -0.2) is 4.79 Å². The molecule has 1 saturated heterocycles. The van der Waals surface area contributed by atoms with Crippen LogP contribution in [-0.2, 0) is 26.3 Å². The summed E-state index contributed by atoms with van der Waals surface area (Å²) in [5.74, 6) is -1.84. The normalized spacial score (nSPS) is 16.9. The number of ketones is 1. The Bertz CT molecular complexity index is 1460. The number of esters is 1. The van der Waals surface area contributed by atoms with Crippen LogP contribution in [0.4, 0.5) is 0 Å². The van der Waals surface area contributed by atoms with Gasteiger partial charge in [0.15, 0.2) is 0 Å². The van der Waals surface area contributed by atoms with Crippen LogP contribution in [0.5, 0.6) is 5.75 Å².